The molecule has 1 N–H and O–H groups in total. The topological polar surface area (TPSA) is 42.3 Å². The molecule has 5 rings (SSSR count). The molecular weight excluding hydrogens is 452 g/mol. The Hall–Kier alpha value is -3.64. The second-order valence-corrected chi connectivity index (χ2v) is 9.54. The summed E-state index contributed by atoms with van der Waals surface area (Å²) in [7, 11) is 1.69. The van der Waals surface area contributed by atoms with Gasteiger partial charge in [-0.05, 0) is 93.0 Å². The maximum atomic E-state index is 5.91. The quantitative estimate of drug-likeness (QED) is 0.339. The Labute approximate surface area is 212 Å². The van der Waals surface area contributed by atoms with Gasteiger partial charge in [-0.1, -0.05) is 24.3 Å². The zero-order chi connectivity index (χ0) is 24.7. The van der Waals surface area contributed by atoms with Crippen molar-refractivity contribution in [2.24, 2.45) is 0 Å². The lowest BCUT2D eigenvalue weighted by Crippen LogP contribution is -2.29. The molecule has 0 amide bonds. The molecule has 5 nitrogen and oxygen atoms in total. The number of ether oxygens (including phenoxy) is 1. The van der Waals surface area contributed by atoms with E-state index in [1.54, 1.807) is 7.11 Å². The van der Waals surface area contributed by atoms with Gasteiger partial charge in [-0.15, -0.1) is 0 Å². The molecule has 0 radical (unpaired) electrons. The van der Waals surface area contributed by atoms with Crippen LogP contribution < -0.4 is 15.0 Å². The van der Waals surface area contributed by atoms with Gasteiger partial charge in [-0.25, -0.2) is 0 Å². The highest BCUT2D eigenvalue weighted by Crippen LogP contribution is 2.44. The standard InChI is InChI=1S/C29H30N4OS/c1-18-12-13-19(2)26(15-18)32-20(3)16-24(21(32)4)28-27(25-11-6-7-14-30-25)31-29(35)33(28)22-9-8-10-23(17-22)34-5/h6-17,27-28H,1-5H3,(H,31,35)/t27-,28+/m0/s1. The minimum Gasteiger partial charge on any atom is -0.497 e. The summed E-state index contributed by atoms with van der Waals surface area (Å²) in [6.07, 6.45) is 1.84. The number of nitrogens with one attached hydrogen (secondary N) is 1. The lowest BCUT2D eigenvalue weighted by molar-refractivity contribution is 0.415. The van der Waals surface area contributed by atoms with E-state index in [2.05, 4.69) is 78.9 Å². The van der Waals surface area contributed by atoms with Crippen LogP contribution in [-0.2, 0) is 0 Å². The van der Waals surface area contributed by atoms with Crippen LogP contribution in [-0.4, -0.2) is 21.8 Å². The van der Waals surface area contributed by atoms with E-state index in [-0.39, 0.29) is 12.1 Å². The number of rotatable bonds is 5. The van der Waals surface area contributed by atoms with Crippen molar-refractivity contribution in [2.45, 2.75) is 39.8 Å². The molecule has 0 bridgehead atoms. The Morgan fingerprint density at radius 3 is 2.51 bits per heavy atom. The summed E-state index contributed by atoms with van der Waals surface area (Å²) < 4.78 is 7.88. The Balaban J connectivity index is 1.70. The van der Waals surface area contributed by atoms with Gasteiger partial charge in [0.25, 0.3) is 0 Å². The van der Waals surface area contributed by atoms with Crippen molar-refractivity contribution in [1.29, 1.82) is 0 Å². The van der Waals surface area contributed by atoms with Crippen molar-refractivity contribution in [3.8, 4) is 11.4 Å². The molecule has 2 atom stereocenters. The number of nitrogens with zero attached hydrogens (tertiary/aromatic N) is 3. The zero-order valence-electron chi connectivity index (χ0n) is 20.7. The number of benzene rings is 2. The third kappa shape index (κ3) is 4.08. The predicted molar refractivity (Wildman–Crippen MR) is 146 cm³/mol. The van der Waals surface area contributed by atoms with Crippen LogP contribution in [0.5, 0.6) is 5.75 Å². The average Bonchev–Trinajstić information content (AvgIpc) is 3.36. The van der Waals surface area contributed by atoms with Crippen LogP contribution in [0.3, 0.4) is 0 Å². The molecule has 178 valence electrons. The first-order valence-corrected chi connectivity index (χ1v) is 12.2. The van der Waals surface area contributed by atoms with Gasteiger partial charge in [-0.2, -0.15) is 0 Å². The summed E-state index contributed by atoms with van der Waals surface area (Å²) in [6, 6.07) is 22.8. The summed E-state index contributed by atoms with van der Waals surface area (Å²) in [5, 5.41) is 4.24. The van der Waals surface area contributed by atoms with E-state index in [9.17, 15) is 0 Å². The number of aromatic nitrogens is 2. The lowest BCUT2D eigenvalue weighted by Gasteiger charge is -2.28. The van der Waals surface area contributed by atoms with Gasteiger partial charge in [0.2, 0.25) is 0 Å². The summed E-state index contributed by atoms with van der Waals surface area (Å²) in [5.74, 6) is 0.797. The largest absolute Gasteiger partial charge is 0.497 e. The van der Waals surface area contributed by atoms with Gasteiger partial charge < -0.3 is 19.5 Å². The Kier molecular flexibility index (Phi) is 6.07. The minimum absolute atomic E-state index is 0.0745. The van der Waals surface area contributed by atoms with Crippen molar-refractivity contribution in [2.75, 3.05) is 12.0 Å². The molecule has 1 saturated heterocycles. The molecule has 6 heteroatoms. The molecule has 2 aromatic heterocycles. The second-order valence-electron chi connectivity index (χ2n) is 9.15. The Morgan fingerprint density at radius 2 is 1.77 bits per heavy atom. The van der Waals surface area contributed by atoms with E-state index in [4.69, 9.17) is 21.9 Å². The van der Waals surface area contributed by atoms with Crippen LogP contribution in [0.15, 0.2) is 72.9 Å². The van der Waals surface area contributed by atoms with Crippen molar-refractivity contribution in [3.05, 3.63) is 107 Å². The number of aryl methyl sites for hydroxylation is 3. The highest BCUT2D eigenvalue weighted by molar-refractivity contribution is 7.80. The Morgan fingerprint density at radius 1 is 0.943 bits per heavy atom. The molecule has 2 aromatic carbocycles. The van der Waals surface area contributed by atoms with Crippen molar-refractivity contribution < 1.29 is 4.74 Å². The maximum absolute atomic E-state index is 5.91. The molecule has 0 unspecified atom stereocenters. The molecule has 1 aliphatic heterocycles. The molecule has 0 saturated carbocycles. The normalized spacial score (nSPS) is 17.5. The molecule has 3 heterocycles. The van der Waals surface area contributed by atoms with E-state index in [1.165, 1.54) is 33.8 Å². The zero-order valence-corrected chi connectivity index (χ0v) is 21.6. The summed E-state index contributed by atoms with van der Waals surface area (Å²) >= 11 is 5.91. The molecule has 0 aliphatic carbocycles. The third-order valence-corrected chi connectivity index (χ3v) is 7.14. The lowest BCUT2D eigenvalue weighted by atomic mass is 9.96. The van der Waals surface area contributed by atoms with Crippen LogP contribution >= 0.6 is 12.2 Å². The smallest absolute Gasteiger partial charge is 0.174 e. The van der Waals surface area contributed by atoms with Crippen LogP contribution in [0, 0.1) is 27.7 Å². The van der Waals surface area contributed by atoms with Crippen molar-refractivity contribution in [3.63, 3.8) is 0 Å². The van der Waals surface area contributed by atoms with E-state index >= 15 is 0 Å². The number of anilines is 1. The number of hydrogen-bond donors (Lipinski definition) is 1. The van der Waals surface area contributed by atoms with Gasteiger partial charge in [-0.3, -0.25) is 4.98 Å². The molecular formula is C29H30N4OS. The van der Waals surface area contributed by atoms with Crippen LogP contribution in [0.1, 0.15) is 45.9 Å². The fraction of sp³-hybridized carbons (Fsp3) is 0.241. The fourth-order valence-electron chi connectivity index (χ4n) is 5.13. The molecule has 1 fully saturated rings. The van der Waals surface area contributed by atoms with Crippen LogP contribution in [0.4, 0.5) is 5.69 Å². The minimum atomic E-state index is -0.0949. The van der Waals surface area contributed by atoms with Gasteiger partial charge >= 0.3 is 0 Å². The van der Waals surface area contributed by atoms with E-state index in [1.807, 2.05) is 36.5 Å². The van der Waals surface area contributed by atoms with Crippen molar-refractivity contribution >= 4 is 23.0 Å². The number of thiocarbonyl (C=S) groups is 1. The van der Waals surface area contributed by atoms with E-state index in [0.717, 1.165) is 17.1 Å². The second kappa shape index (κ2) is 9.19. The van der Waals surface area contributed by atoms with Crippen LogP contribution in [0.2, 0.25) is 0 Å². The summed E-state index contributed by atoms with van der Waals surface area (Å²) in [5.41, 5.74) is 9.25. The number of pyridine rings is 1. The van der Waals surface area contributed by atoms with Gasteiger partial charge in [0.05, 0.1) is 24.9 Å². The first kappa shape index (κ1) is 23.1. The molecule has 4 aromatic rings. The fourth-order valence-corrected chi connectivity index (χ4v) is 5.47. The van der Waals surface area contributed by atoms with Crippen molar-refractivity contribution in [1.82, 2.24) is 14.9 Å². The molecule has 0 spiro atoms. The first-order chi connectivity index (χ1) is 16.9. The molecule has 35 heavy (non-hydrogen) atoms. The van der Waals surface area contributed by atoms with Crippen LogP contribution in [0.25, 0.3) is 5.69 Å². The van der Waals surface area contributed by atoms with Gasteiger partial charge in [0.15, 0.2) is 5.11 Å². The average molecular weight is 483 g/mol. The molecule has 1 aliphatic rings. The van der Waals surface area contributed by atoms with Gasteiger partial charge in [0.1, 0.15) is 5.75 Å². The first-order valence-electron chi connectivity index (χ1n) is 11.8. The highest BCUT2D eigenvalue weighted by atomic mass is 32.1. The summed E-state index contributed by atoms with van der Waals surface area (Å²) in [6.45, 7) is 8.67. The van der Waals surface area contributed by atoms with Gasteiger partial charge in [0, 0.05) is 35.0 Å². The van der Waals surface area contributed by atoms with E-state index in [0.29, 0.717) is 5.11 Å². The highest BCUT2D eigenvalue weighted by Gasteiger charge is 2.42. The number of methoxy groups -OCH3 is 1. The monoisotopic (exact) mass is 482 g/mol. The Bertz CT molecular complexity index is 1400. The van der Waals surface area contributed by atoms with E-state index < -0.39 is 0 Å². The predicted octanol–water partition coefficient (Wildman–Crippen LogP) is 6.29. The third-order valence-electron chi connectivity index (χ3n) is 6.82. The SMILES string of the molecule is COc1cccc(N2C(=S)N[C@@H](c3ccccn3)[C@H]2c2cc(C)n(-c3cc(C)ccc3C)c2C)c1. The maximum Gasteiger partial charge on any atom is 0.174 e. The summed E-state index contributed by atoms with van der Waals surface area (Å²) in [4.78, 5) is 6.90. The number of hydrogen-bond acceptors (Lipinski definition) is 3.